The van der Waals surface area contributed by atoms with Crippen molar-refractivity contribution in [2.75, 3.05) is 12.4 Å². The molecule has 0 aliphatic heterocycles. The van der Waals surface area contributed by atoms with Crippen LogP contribution in [0.5, 0.6) is 5.75 Å². The highest BCUT2D eigenvalue weighted by Gasteiger charge is 2.06. The van der Waals surface area contributed by atoms with E-state index < -0.39 is 0 Å². The zero-order valence-corrected chi connectivity index (χ0v) is 12.8. The van der Waals surface area contributed by atoms with Crippen LogP contribution in [0.1, 0.15) is 11.4 Å². The fraction of sp³-hybridized carbons (Fsp3) is 0.176. The van der Waals surface area contributed by atoms with Crippen molar-refractivity contribution in [3.8, 4) is 5.75 Å². The average molecular weight is 310 g/mol. The molecule has 3 rings (SSSR count). The van der Waals surface area contributed by atoms with Gasteiger partial charge in [-0.15, -0.1) is 0 Å². The van der Waals surface area contributed by atoms with Crippen molar-refractivity contribution in [1.82, 2.24) is 14.8 Å². The molecule has 0 fully saturated rings. The molecule has 0 saturated carbocycles. The Labute approximate surface area is 133 Å². The van der Waals surface area contributed by atoms with E-state index >= 15 is 0 Å². The minimum absolute atomic E-state index is 0.212. The first-order valence-electron chi connectivity index (χ1n) is 7.32. The third-order valence-corrected chi connectivity index (χ3v) is 3.43. The Morgan fingerprint density at radius 2 is 2.00 bits per heavy atom. The molecule has 1 aromatic heterocycles. The summed E-state index contributed by atoms with van der Waals surface area (Å²) in [7, 11) is 1.63. The normalized spacial score (nSPS) is 10.5. The Balaban J connectivity index is 1.67. The summed E-state index contributed by atoms with van der Waals surface area (Å²) in [4.78, 5) is 14.7. The van der Waals surface area contributed by atoms with Crippen molar-refractivity contribution in [3.63, 3.8) is 0 Å². The van der Waals surface area contributed by atoms with Crippen LogP contribution in [-0.2, 0) is 13.1 Å². The molecule has 2 aromatic carbocycles. The van der Waals surface area contributed by atoms with Gasteiger partial charge in [-0.2, -0.15) is 5.10 Å². The second-order valence-corrected chi connectivity index (χ2v) is 5.11. The van der Waals surface area contributed by atoms with Gasteiger partial charge in [0.2, 0.25) is 0 Å². The Hall–Kier alpha value is -3.02. The Morgan fingerprint density at radius 1 is 1.17 bits per heavy atom. The molecule has 0 saturated heterocycles. The predicted octanol–water partition coefficient (Wildman–Crippen LogP) is 2.24. The van der Waals surface area contributed by atoms with Gasteiger partial charge in [0.1, 0.15) is 11.6 Å². The number of ether oxygens (including phenoxy) is 1. The van der Waals surface area contributed by atoms with Crippen LogP contribution in [0, 0.1) is 0 Å². The van der Waals surface area contributed by atoms with Crippen LogP contribution in [0.4, 0.5) is 5.69 Å². The molecular weight excluding hydrogens is 292 g/mol. The number of hydrogen-bond acceptors (Lipinski definition) is 4. The summed E-state index contributed by atoms with van der Waals surface area (Å²) in [5.41, 5.74) is 1.73. The Morgan fingerprint density at radius 3 is 2.78 bits per heavy atom. The number of benzene rings is 2. The summed E-state index contributed by atoms with van der Waals surface area (Å²) in [5.74, 6) is 1.37. The predicted molar refractivity (Wildman–Crippen MR) is 88.7 cm³/mol. The number of anilines is 1. The maximum absolute atomic E-state index is 12.0. The molecule has 0 aliphatic rings. The largest absolute Gasteiger partial charge is 0.497 e. The van der Waals surface area contributed by atoms with Crippen LogP contribution < -0.4 is 15.7 Å². The van der Waals surface area contributed by atoms with E-state index in [0.717, 1.165) is 17.0 Å². The quantitative estimate of drug-likeness (QED) is 0.732. The number of nitrogens with zero attached hydrogens (tertiary/aromatic N) is 2. The van der Waals surface area contributed by atoms with E-state index in [9.17, 15) is 4.79 Å². The first kappa shape index (κ1) is 14.9. The van der Waals surface area contributed by atoms with E-state index in [1.165, 1.54) is 4.68 Å². The van der Waals surface area contributed by atoms with Crippen LogP contribution >= 0.6 is 0 Å². The minimum Gasteiger partial charge on any atom is -0.497 e. The summed E-state index contributed by atoms with van der Waals surface area (Å²) in [6, 6.07) is 17.4. The molecule has 2 N–H and O–H groups in total. The standard InChI is InChI=1S/C17H18N4O2/c1-23-15-9-5-8-14(10-15)18-11-16-19-17(22)21(20-16)12-13-6-3-2-4-7-13/h2-10,18H,11-12H2,1H3,(H,19,20,22). The van der Waals surface area contributed by atoms with Gasteiger partial charge >= 0.3 is 5.69 Å². The maximum atomic E-state index is 12.0. The lowest BCUT2D eigenvalue weighted by molar-refractivity contribution is 0.415. The molecule has 0 amide bonds. The molecule has 0 bridgehead atoms. The lowest BCUT2D eigenvalue weighted by Gasteiger charge is -2.06. The van der Waals surface area contributed by atoms with E-state index in [1.807, 2.05) is 54.6 Å². The Kier molecular flexibility index (Phi) is 4.42. The van der Waals surface area contributed by atoms with Crippen LogP contribution in [-0.4, -0.2) is 21.9 Å². The first-order valence-corrected chi connectivity index (χ1v) is 7.32. The van der Waals surface area contributed by atoms with Crippen molar-refractivity contribution in [2.45, 2.75) is 13.1 Å². The number of rotatable bonds is 6. The molecule has 118 valence electrons. The van der Waals surface area contributed by atoms with Gasteiger partial charge in [0.25, 0.3) is 0 Å². The van der Waals surface area contributed by atoms with Crippen molar-refractivity contribution >= 4 is 5.69 Å². The Bertz CT molecular complexity index is 824. The van der Waals surface area contributed by atoms with Crippen molar-refractivity contribution in [3.05, 3.63) is 76.5 Å². The van der Waals surface area contributed by atoms with Gasteiger partial charge in [0.15, 0.2) is 0 Å². The third kappa shape index (κ3) is 3.79. The van der Waals surface area contributed by atoms with Crippen molar-refractivity contribution in [2.24, 2.45) is 0 Å². The van der Waals surface area contributed by atoms with Crippen molar-refractivity contribution in [1.29, 1.82) is 0 Å². The average Bonchev–Trinajstić information content (AvgIpc) is 2.94. The SMILES string of the molecule is COc1cccc(NCc2nn(Cc3ccccc3)c(=O)[nH]2)c1. The molecule has 0 aliphatic carbocycles. The lowest BCUT2D eigenvalue weighted by Crippen LogP contribution is -2.18. The third-order valence-electron chi connectivity index (χ3n) is 3.43. The van der Waals surface area contributed by atoms with Crippen LogP contribution in [0.3, 0.4) is 0 Å². The molecular formula is C17H18N4O2. The highest BCUT2D eigenvalue weighted by atomic mass is 16.5. The zero-order valence-electron chi connectivity index (χ0n) is 12.8. The summed E-state index contributed by atoms with van der Waals surface area (Å²) in [5, 5.41) is 7.53. The molecule has 1 heterocycles. The van der Waals surface area contributed by atoms with E-state index in [-0.39, 0.29) is 5.69 Å². The lowest BCUT2D eigenvalue weighted by atomic mass is 10.2. The van der Waals surface area contributed by atoms with Gasteiger partial charge < -0.3 is 10.1 Å². The maximum Gasteiger partial charge on any atom is 0.343 e. The number of hydrogen-bond donors (Lipinski definition) is 2. The van der Waals surface area contributed by atoms with E-state index in [0.29, 0.717) is 18.9 Å². The number of methoxy groups -OCH3 is 1. The fourth-order valence-corrected chi connectivity index (χ4v) is 2.27. The summed E-state index contributed by atoms with van der Waals surface area (Å²) < 4.78 is 6.61. The van der Waals surface area contributed by atoms with Gasteiger partial charge in [-0.3, -0.25) is 4.98 Å². The van der Waals surface area contributed by atoms with Gasteiger partial charge in [0, 0.05) is 11.8 Å². The highest BCUT2D eigenvalue weighted by molar-refractivity contribution is 5.48. The van der Waals surface area contributed by atoms with E-state index in [2.05, 4.69) is 15.4 Å². The molecule has 23 heavy (non-hydrogen) atoms. The summed E-state index contributed by atoms with van der Waals surface area (Å²) >= 11 is 0. The van der Waals surface area contributed by atoms with Gasteiger partial charge in [0.05, 0.1) is 20.2 Å². The van der Waals surface area contributed by atoms with Crippen LogP contribution in [0.25, 0.3) is 0 Å². The summed E-state index contributed by atoms with van der Waals surface area (Å²) in [6.45, 7) is 0.888. The molecule has 0 spiro atoms. The van der Waals surface area contributed by atoms with Gasteiger partial charge in [-0.25, -0.2) is 9.48 Å². The number of aromatic nitrogens is 3. The topological polar surface area (TPSA) is 71.9 Å². The minimum atomic E-state index is -0.212. The molecule has 0 unspecified atom stereocenters. The number of aromatic amines is 1. The monoisotopic (exact) mass is 310 g/mol. The molecule has 6 heteroatoms. The first-order chi connectivity index (χ1) is 11.2. The summed E-state index contributed by atoms with van der Waals surface area (Å²) in [6.07, 6.45) is 0. The molecule has 0 atom stereocenters. The van der Waals surface area contributed by atoms with Crippen LogP contribution in [0.2, 0.25) is 0 Å². The second kappa shape index (κ2) is 6.83. The van der Waals surface area contributed by atoms with Crippen LogP contribution in [0.15, 0.2) is 59.4 Å². The van der Waals surface area contributed by atoms with E-state index in [4.69, 9.17) is 4.74 Å². The van der Waals surface area contributed by atoms with E-state index in [1.54, 1.807) is 7.11 Å². The fourth-order valence-electron chi connectivity index (χ4n) is 2.27. The number of nitrogens with one attached hydrogen (secondary N) is 2. The highest BCUT2D eigenvalue weighted by Crippen LogP contribution is 2.16. The number of H-pyrrole nitrogens is 1. The smallest absolute Gasteiger partial charge is 0.343 e. The zero-order chi connectivity index (χ0) is 16.1. The van der Waals surface area contributed by atoms with Crippen molar-refractivity contribution < 1.29 is 4.74 Å². The molecule has 6 nitrogen and oxygen atoms in total. The van der Waals surface area contributed by atoms with Gasteiger partial charge in [-0.1, -0.05) is 36.4 Å². The molecule has 3 aromatic rings. The molecule has 0 radical (unpaired) electrons. The second-order valence-electron chi connectivity index (χ2n) is 5.11. The van der Waals surface area contributed by atoms with Gasteiger partial charge in [-0.05, 0) is 17.7 Å².